The average molecular weight is 275 g/mol. The van der Waals surface area contributed by atoms with Gasteiger partial charge in [0.2, 0.25) is 12.1 Å². The smallest absolute Gasteiger partial charge is 0.219 e. The summed E-state index contributed by atoms with van der Waals surface area (Å²) < 4.78 is 15.9. The number of hydrogen-bond acceptors (Lipinski definition) is 6. The first-order valence-electron chi connectivity index (χ1n) is 6.47. The second kappa shape index (κ2) is 4.29. The molecule has 2 bridgehead atoms. The summed E-state index contributed by atoms with van der Waals surface area (Å²) in [6.45, 7) is 0.378. The van der Waals surface area contributed by atoms with E-state index in [0.717, 1.165) is 11.3 Å². The highest BCUT2D eigenvalue weighted by Crippen LogP contribution is 2.37. The maximum atomic E-state index is 12.3. The Bertz CT molecular complexity index is 582. The number of carbonyl (C=O) groups excluding carboxylic acids is 1. The van der Waals surface area contributed by atoms with E-state index in [-0.39, 0.29) is 18.0 Å². The summed E-state index contributed by atoms with van der Waals surface area (Å²) in [4.78, 5) is 17.7. The van der Waals surface area contributed by atoms with E-state index in [2.05, 4.69) is 5.16 Å². The fraction of sp³-hybridized carbons (Fsp3) is 0.429. The Kier molecular flexibility index (Phi) is 2.55. The molecule has 0 spiro atoms. The Labute approximate surface area is 115 Å². The van der Waals surface area contributed by atoms with Gasteiger partial charge in [-0.3, -0.25) is 4.79 Å². The Morgan fingerprint density at radius 3 is 2.85 bits per heavy atom. The zero-order valence-electron chi connectivity index (χ0n) is 10.8. The van der Waals surface area contributed by atoms with Gasteiger partial charge in [-0.2, -0.15) is 0 Å². The van der Waals surface area contributed by atoms with Crippen LogP contribution in [0, 0.1) is 5.92 Å². The van der Waals surface area contributed by atoms with E-state index in [4.69, 9.17) is 19.0 Å². The van der Waals surface area contributed by atoms with E-state index in [1.807, 2.05) is 24.3 Å². The number of methoxy groups -OCH3 is 1. The summed E-state index contributed by atoms with van der Waals surface area (Å²) >= 11 is 0. The molecule has 0 aromatic heterocycles. The SMILES string of the molecule is COc1ccc(C2=NO[C@@H]3[C@@H]2C(=O)[C@@H]2OC[C@@H]3O2)cc1. The molecule has 2 fully saturated rings. The number of rotatable bonds is 2. The lowest BCUT2D eigenvalue weighted by atomic mass is 9.85. The van der Waals surface area contributed by atoms with Gasteiger partial charge < -0.3 is 19.0 Å². The zero-order valence-corrected chi connectivity index (χ0v) is 10.8. The summed E-state index contributed by atoms with van der Waals surface area (Å²) in [5.74, 6) is 0.233. The van der Waals surface area contributed by atoms with Crippen molar-refractivity contribution in [1.82, 2.24) is 0 Å². The van der Waals surface area contributed by atoms with Crippen LogP contribution < -0.4 is 4.74 Å². The Morgan fingerprint density at radius 1 is 1.30 bits per heavy atom. The quantitative estimate of drug-likeness (QED) is 0.796. The number of fused-ring (bicyclic) bond motifs is 4. The molecule has 3 aliphatic heterocycles. The lowest BCUT2D eigenvalue weighted by Crippen LogP contribution is -2.48. The van der Waals surface area contributed by atoms with Gasteiger partial charge in [0.1, 0.15) is 23.5 Å². The average Bonchev–Trinajstić information content (AvgIpc) is 3.11. The van der Waals surface area contributed by atoms with E-state index >= 15 is 0 Å². The first-order valence-corrected chi connectivity index (χ1v) is 6.47. The number of nitrogens with zero attached hydrogens (tertiary/aromatic N) is 1. The van der Waals surface area contributed by atoms with Crippen molar-refractivity contribution in [1.29, 1.82) is 0 Å². The molecule has 20 heavy (non-hydrogen) atoms. The summed E-state index contributed by atoms with van der Waals surface area (Å²) in [5.41, 5.74) is 1.50. The third-order valence-electron chi connectivity index (χ3n) is 3.90. The molecule has 0 saturated carbocycles. The molecule has 3 aliphatic rings. The minimum atomic E-state index is -0.772. The van der Waals surface area contributed by atoms with E-state index < -0.39 is 12.2 Å². The Morgan fingerprint density at radius 2 is 2.10 bits per heavy atom. The van der Waals surface area contributed by atoms with Crippen molar-refractivity contribution in [2.45, 2.75) is 18.5 Å². The molecule has 1 aromatic carbocycles. The second-order valence-corrected chi connectivity index (χ2v) is 4.99. The van der Waals surface area contributed by atoms with Crippen LogP contribution in [-0.4, -0.2) is 43.7 Å². The van der Waals surface area contributed by atoms with Gasteiger partial charge in [-0.1, -0.05) is 5.16 Å². The van der Waals surface area contributed by atoms with Crippen LogP contribution in [-0.2, 0) is 19.1 Å². The second-order valence-electron chi connectivity index (χ2n) is 4.99. The minimum absolute atomic E-state index is 0.115. The monoisotopic (exact) mass is 275 g/mol. The number of ketones is 1. The highest BCUT2D eigenvalue weighted by atomic mass is 16.7. The van der Waals surface area contributed by atoms with Crippen LogP contribution in [0.1, 0.15) is 5.56 Å². The lowest BCUT2D eigenvalue weighted by molar-refractivity contribution is -0.169. The number of hydrogen-bond donors (Lipinski definition) is 0. The molecule has 0 aliphatic carbocycles. The normalized spacial score (nSPS) is 34.5. The fourth-order valence-corrected chi connectivity index (χ4v) is 2.85. The van der Waals surface area contributed by atoms with E-state index in [1.54, 1.807) is 7.11 Å². The van der Waals surface area contributed by atoms with Crippen LogP contribution in [0.4, 0.5) is 0 Å². The largest absolute Gasteiger partial charge is 0.497 e. The molecule has 0 amide bonds. The van der Waals surface area contributed by atoms with Crippen molar-refractivity contribution in [2.75, 3.05) is 13.7 Å². The van der Waals surface area contributed by atoms with E-state index in [1.165, 1.54) is 0 Å². The maximum absolute atomic E-state index is 12.3. The summed E-state index contributed by atoms with van der Waals surface area (Å²) in [5, 5.41) is 4.09. The van der Waals surface area contributed by atoms with Gasteiger partial charge in [-0.25, -0.2) is 0 Å². The maximum Gasteiger partial charge on any atom is 0.219 e. The summed E-state index contributed by atoms with van der Waals surface area (Å²) in [6, 6.07) is 7.41. The standard InChI is InChI=1S/C14H13NO5/c1-17-8-4-2-7(3-5-8)11-10-12(16)14-18-6-9(19-14)13(10)20-15-11/h2-5,9-10,13-14H,6H2,1H3/t9-,10-,13-,14+/m0/s1. The number of oxime groups is 1. The molecule has 4 atom stereocenters. The van der Waals surface area contributed by atoms with Crippen LogP contribution >= 0.6 is 0 Å². The Hall–Kier alpha value is -1.92. The van der Waals surface area contributed by atoms with Gasteiger partial charge in [0, 0.05) is 5.56 Å². The number of Topliss-reactive ketones (excluding diaryl/α,β-unsaturated/α-hetero) is 1. The minimum Gasteiger partial charge on any atom is -0.497 e. The van der Waals surface area contributed by atoms with Crippen molar-refractivity contribution in [3.8, 4) is 5.75 Å². The molecule has 104 valence electrons. The molecule has 0 N–H and O–H groups in total. The predicted octanol–water partition coefficient (Wildman–Crippen LogP) is 0.738. The lowest BCUT2D eigenvalue weighted by Gasteiger charge is -2.27. The van der Waals surface area contributed by atoms with Crippen LogP contribution in [0.2, 0.25) is 0 Å². The summed E-state index contributed by atoms with van der Waals surface area (Å²) in [7, 11) is 1.61. The first-order chi connectivity index (χ1) is 9.78. The number of ether oxygens (including phenoxy) is 3. The molecule has 2 saturated heterocycles. The molecule has 4 rings (SSSR count). The van der Waals surface area contributed by atoms with Gasteiger partial charge in [-0.15, -0.1) is 0 Å². The van der Waals surface area contributed by atoms with Gasteiger partial charge in [0.25, 0.3) is 0 Å². The van der Waals surface area contributed by atoms with Crippen LogP contribution in [0.3, 0.4) is 0 Å². The topological polar surface area (TPSA) is 66.4 Å². The third kappa shape index (κ3) is 1.58. The van der Waals surface area contributed by atoms with Crippen LogP contribution in [0.5, 0.6) is 5.75 Å². The van der Waals surface area contributed by atoms with E-state index in [9.17, 15) is 4.79 Å². The molecule has 0 unspecified atom stereocenters. The highest BCUT2D eigenvalue weighted by molar-refractivity contribution is 6.15. The van der Waals surface area contributed by atoms with Crippen molar-refractivity contribution < 1.29 is 23.8 Å². The number of carbonyl (C=O) groups is 1. The van der Waals surface area contributed by atoms with Gasteiger partial charge in [0.05, 0.1) is 13.7 Å². The van der Waals surface area contributed by atoms with Crippen molar-refractivity contribution in [2.24, 2.45) is 11.1 Å². The fourth-order valence-electron chi connectivity index (χ4n) is 2.85. The molecular weight excluding hydrogens is 262 g/mol. The zero-order chi connectivity index (χ0) is 13.7. The van der Waals surface area contributed by atoms with Crippen molar-refractivity contribution in [3.63, 3.8) is 0 Å². The van der Waals surface area contributed by atoms with Crippen LogP contribution in [0.15, 0.2) is 29.4 Å². The number of benzene rings is 1. The third-order valence-corrected chi connectivity index (χ3v) is 3.90. The molecule has 6 nitrogen and oxygen atoms in total. The van der Waals surface area contributed by atoms with Crippen molar-refractivity contribution in [3.05, 3.63) is 29.8 Å². The van der Waals surface area contributed by atoms with Gasteiger partial charge in [-0.05, 0) is 24.3 Å². The summed E-state index contributed by atoms with van der Waals surface area (Å²) in [6.07, 6.45) is -1.37. The van der Waals surface area contributed by atoms with Gasteiger partial charge >= 0.3 is 0 Å². The molecule has 0 radical (unpaired) electrons. The Balaban J connectivity index is 1.67. The van der Waals surface area contributed by atoms with Crippen LogP contribution in [0.25, 0.3) is 0 Å². The molecular formula is C14H13NO5. The molecule has 6 heteroatoms. The molecule has 3 heterocycles. The predicted molar refractivity (Wildman–Crippen MR) is 67.5 cm³/mol. The van der Waals surface area contributed by atoms with Crippen molar-refractivity contribution >= 4 is 11.5 Å². The highest BCUT2D eigenvalue weighted by Gasteiger charge is 2.56. The van der Waals surface area contributed by atoms with E-state index in [0.29, 0.717) is 12.3 Å². The van der Waals surface area contributed by atoms with Gasteiger partial charge in [0.15, 0.2) is 6.10 Å². The first kappa shape index (κ1) is 11.9. The molecule has 1 aromatic rings.